The van der Waals surface area contributed by atoms with Crippen LogP contribution in [0.5, 0.6) is 0 Å². The summed E-state index contributed by atoms with van der Waals surface area (Å²) in [6, 6.07) is 6.69. The van der Waals surface area contributed by atoms with Crippen molar-refractivity contribution in [2.24, 2.45) is 0 Å². The number of aryl methyl sites for hydroxylation is 1. The van der Waals surface area contributed by atoms with Crippen molar-refractivity contribution in [1.29, 1.82) is 0 Å². The maximum atomic E-state index is 13.7. The van der Waals surface area contributed by atoms with Gasteiger partial charge in [-0.2, -0.15) is 5.10 Å². The first-order chi connectivity index (χ1) is 15.2. The van der Waals surface area contributed by atoms with Gasteiger partial charge in [-0.1, -0.05) is 30.9 Å². The van der Waals surface area contributed by atoms with Crippen LogP contribution in [0.4, 0.5) is 5.69 Å². The monoisotopic (exact) mass is 458 g/mol. The van der Waals surface area contributed by atoms with Crippen molar-refractivity contribution in [2.75, 3.05) is 12.0 Å². The van der Waals surface area contributed by atoms with Gasteiger partial charge in [0.2, 0.25) is 5.91 Å². The van der Waals surface area contributed by atoms with Crippen molar-refractivity contribution in [3.63, 3.8) is 0 Å². The van der Waals surface area contributed by atoms with Gasteiger partial charge in [-0.15, -0.1) is 0 Å². The molecular weight excluding hydrogens is 432 g/mol. The Morgan fingerprint density at radius 1 is 1.22 bits per heavy atom. The molecule has 2 aromatic rings. The minimum Gasteiger partial charge on any atom is -0.464 e. The summed E-state index contributed by atoms with van der Waals surface area (Å²) >= 11 is 6.14. The largest absolute Gasteiger partial charge is 0.464 e. The van der Waals surface area contributed by atoms with Crippen LogP contribution < -0.4 is 10.2 Å². The zero-order valence-electron chi connectivity index (χ0n) is 18.5. The highest BCUT2D eigenvalue weighted by atomic mass is 35.5. The third-order valence-electron chi connectivity index (χ3n) is 6.38. The van der Waals surface area contributed by atoms with Crippen molar-refractivity contribution >= 4 is 35.1 Å². The van der Waals surface area contributed by atoms with Crippen LogP contribution in [0, 0.1) is 6.92 Å². The van der Waals surface area contributed by atoms with Crippen molar-refractivity contribution in [2.45, 2.75) is 64.1 Å². The molecule has 2 amide bonds. The SMILES string of the molecule is COC(=O)c1cc2n(n1)C[C@@](C)(C(=O)NC1CCCCC1)N(c1ccc(Cl)cc1C)C2=O. The highest BCUT2D eigenvalue weighted by Crippen LogP contribution is 2.36. The van der Waals surface area contributed by atoms with Crippen molar-refractivity contribution < 1.29 is 19.1 Å². The lowest BCUT2D eigenvalue weighted by molar-refractivity contribution is -0.127. The fourth-order valence-corrected chi connectivity index (χ4v) is 4.85. The molecular formula is C23H27ClN4O4. The van der Waals surface area contributed by atoms with Crippen LogP contribution in [-0.4, -0.2) is 46.3 Å². The van der Waals surface area contributed by atoms with E-state index in [4.69, 9.17) is 16.3 Å². The van der Waals surface area contributed by atoms with Crippen molar-refractivity contribution in [1.82, 2.24) is 15.1 Å². The van der Waals surface area contributed by atoms with E-state index in [9.17, 15) is 14.4 Å². The van der Waals surface area contributed by atoms with E-state index in [2.05, 4.69) is 10.4 Å². The highest BCUT2D eigenvalue weighted by molar-refractivity contribution is 6.30. The first kappa shape index (κ1) is 22.3. The molecule has 1 N–H and O–H groups in total. The third kappa shape index (κ3) is 3.88. The number of carbonyl (C=O) groups is 3. The number of amides is 2. The minimum absolute atomic E-state index is 0.0283. The van der Waals surface area contributed by atoms with E-state index in [1.807, 2.05) is 6.92 Å². The number of fused-ring (bicyclic) bond motifs is 1. The molecule has 1 aromatic heterocycles. The first-order valence-electron chi connectivity index (χ1n) is 10.8. The van der Waals surface area contributed by atoms with Crippen LogP contribution in [0.15, 0.2) is 24.3 Å². The van der Waals surface area contributed by atoms with Gasteiger partial charge in [-0.3, -0.25) is 19.2 Å². The second-order valence-corrected chi connectivity index (χ2v) is 9.15. The van der Waals surface area contributed by atoms with E-state index in [1.165, 1.54) is 29.2 Å². The van der Waals surface area contributed by atoms with Crippen LogP contribution in [0.3, 0.4) is 0 Å². The molecule has 0 saturated heterocycles. The Morgan fingerprint density at radius 3 is 2.59 bits per heavy atom. The lowest BCUT2D eigenvalue weighted by atomic mass is 9.90. The van der Waals surface area contributed by atoms with Crippen LogP contribution in [0.1, 0.15) is 65.6 Å². The second kappa shape index (κ2) is 8.58. The number of methoxy groups -OCH3 is 1. The van der Waals surface area contributed by atoms with Crippen LogP contribution in [0.25, 0.3) is 0 Å². The Hall–Kier alpha value is -2.87. The summed E-state index contributed by atoms with van der Waals surface area (Å²) in [7, 11) is 1.26. The molecule has 1 fully saturated rings. The van der Waals surface area contributed by atoms with E-state index in [0.717, 1.165) is 31.2 Å². The fraction of sp³-hybridized carbons (Fsp3) is 0.478. The number of benzene rings is 1. The van der Waals surface area contributed by atoms with Gasteiger partial charge in [0.1, 0.15) is 11.2 Å². The van der Waals surface area contributed by atoms with E-state index in [1.54, 1.807) is 25.1 Å². The van der Waals surface area contributed by atoms with E-state index < -0.39 is 17.4 Å². The molecule has 8 nitrogen and oxygen atoms in total. The van der Waals surface area contributed by atoms with E-state index in [-0.39, 0.29) is 29.9 Å². The molecule has 32 heavy (non-hydrogen) atoms. The smallest absolute Gasteiger partial charge is 0.358 e. The maximum Gasteiger partial charge on any atom is 0.358 e. The van der Waals surface area contributed by atoms with Gasteiger partial charge in [-0.25, -0.2) is 4.79 Å². The van der Waals surface area contributed by atoms with E-state index >= 15 is 0 Å². The molecule has 1 aliphatic carbocycles. The molecule has 9 heteroatoms. The number of ether oxygens (including phenoxy) is 1. The number of nitrogens with zero attached hydrogens (tertiary/aromatic N) is 3. The number of hydrogen-bond donors (Lipinski definition) is 1. The Balaban J connectivity index is 1.78. The van der Waals surface area contributed by atoms with Gasteiger partial charge in [0.05, 0.1) is 13.7 Å². The predicted molar refractivity (Wildman–Crippen MR) is 120 cm³/mol. The Kier molecular flexibility index (Phi) is 5.99. The molecule has 2 aliphatic rings. The van der Waals surface area contributed by atoms with Crippen LogP contribution >= 0.6 is 11.6 Å². The molecule has 1 aromatic carbocycles. The molecule has 170 valence electrons. The average molecular weight is 459 g/mol. The number of halogens is 1. The van der Waals surface area contributed by atoms with Gasteiger partial charge in [-0.05, 0) is 50.5 Å². The number of anilines is 1. The molecule has 0 radical (unpaired) electrons. The number of hydrogen-bond acceptors (Lipinski definition) is 5. The number of esters is 1. The van der Waals surface area contributed by atoms with Crippen LogP contribution in [-0.2, 0) is 16.1 Å². The molecule has 4 rings (SSSR count). The minimum atomic E-state index is -1.25. The third-order valence-corrected chi connectivity index (χ3v) is 6.61. The Morgan fingerprint density at radius 2 is 1.94 bits per heavy atom. The standard InChI is InChI=1S/C23H27ClN4O4/c1-14-11-15(24)9-10-18(14)28-20(29)19-12-17(21(30)32-3)26-27(19)13-23(28,2)22(31)25-16-7-5-4-6-8-16/h9-12,16H,4-8,13H2,1-3H3,(H,25,31)/t23-/m0/s1. The number of nitrogens with one attached hydrogen (secondary N) is 1. The maximum absolute atomic E-state index is 13.7. The quantitative estimate of drug-likeness (QED) is 0.708. The lowest BCUT2D eigenvalue weighted by Gasteiger charge is -2.44. The summed E-state index contributed by atoms with van der Waals surface area (Å²) in [4.78, 5) is 40.9. The van der Waals surface area contributed by atoms with Crippen molar-refractivity contribution in [3.8, 4) is 0 Å². The Bertz CT molecular complexity index is 1080. The summed E-state index contributed by atoms with van der Waals surface area (Å²) in [6.45, 7) is 3.69. The number of rotatable bonds is 4. The van der Waals surface area contributed by atoms with Gasteiger partial charge in [0.15, 0.2) is 5.69 Å². The average Bonchev–Trinajstić information content (AvgIpc) is 3.19. The molecule has 1 atom stereocenters. The normalized spacial score (nSPS) is 21.2. The molecule has 0 unspecified atom stereocenters. The molecule has 0 spiro atoms. The predicted octanol–water partition coefficient (Wildman–Crippen LogP) is 3.50. The second-order valence-electron chi connectivity index (χ2n) is 8.72. The van der Waals surface area contributed by atoms with Gasteiger partial charge in [0, 0.05) is 22.8 Å². The summed E-state index contributed by atoms with van der Waals surface area (Å²) < 4.78 is 6.19. The van der Waals surface area contributed by atoms with Gasteiger partial charge in [0.25, 0.3) is 5.91 Å². The fourth-order valence-electron chi connectivity index (χ4n) is 4.62. The summed E-state index contributed by atoms with van der Waals surface area (Å²) in [5.74, 6) is -1.29. The summed E-state index contributed by atoms with van der Waals surface area (Å²) in [5.41, 5.74) is 0.360. The van der Waals surface area contributed by atoms with Crippen molar-refractivity contribution in [3.05, 3.63) is 46.2 Å². The summed E-state index contributed by atoms with van der Waals surface area (Å²) in [5, 5.41) is 7.96. The molecule has 1 saturated carbocycles. The molecule has 1 aliphatic heterocycles. The number of aromatic nitrogens is 2. The van der Waals surface area contributed by atoms with Gasteiger partial charge < -0.3 is 10.1 Å². The van der Waals surface area contributed by atoms with Gasteiger partial charge >= 0.3 is 5.97 Å². The van der Waals surface area contributed by atoms with Crippen LogP contribution in [0.2, 0.25) is 5.02 Å². The zero-order chi connectivity index (χ0) is 23.0. The summed E-state index contributed by atoms with van der Waals surface area (Å²) in [6.07, 6.45) is 5.18. The van der Waals surface area contributed by atoms with E-state index in [0.29, 0.717) is 10.7 Å². The first-order valence-corrected chi connectivity index (χ1v) is 11.2. The lowest BCUT2D eigenvalue weighted by Crippen LogP contribution is -2.65. The number of carbonyl (C=O) groups excluding carboxylic acids is 3. The molecule has 2 heterocycles. The zero-order valence-corrected chi connectivity index (χ0v) is 19.2. The highest BCUT2D eigenvalue weighted by Gasteiger charge is 2.50. The Labute approximate surface area is 191 Å². The topological polar surface area (TPSA) is 93.5 Å². The molecule has 0 bridgehead atoms.